The van der Waals surface area contributed by atoms with Crippen molar-refractivity contribution in [3.05, 3.63) is 71.8 Å². The van der Waals surface area contributed by atoms with Crippen LogP contribution in [0.15, 0.2) is 54.7 Å². The first-order chi connectivity index (χ1) is 18.7. The SMILES string of the molecule is CC(C)(C)OC(=O)N1CCCC(CCC(=O)c2cccc3[nH]c(CC(=O)c4cc5ccccc5cn4)nc23)C1. The maximum Gasteiger partial charge on any atom is 0.410 e. The zero-order valence-electron chi connectivity index (χ0n) is 22.7. The van der Waals surface area contributed by atoms with Crippen LogP contribution in [-0.2, 0) is 11.2 Å². The van der Waals surface area contributed by atoms with Crippen LogP contribution >= 0.6 is 0 Å². The minimum atomic E-state index is -0.530. The number of H-pyrrole nitrogens is 1. The average Bonchev–Trinajstić information content (AvgIpc) is 3.33. The van der Waals surface area contributed by atoms with Gasteiger partial charge in [-0.1, -0.05) is 30.3 Å². The number of rotatable bonds is 7. The molecule has 0 aliphatic carbocycles. The van der Waals surface area contributed by atoms with E-state index in [-0.39, 0.29) is 30.0 Å². The van der Waals surface area contributed by atoms with Crippen LogP contribution in [0.5, 0.6) is 0 Å². The summed E-state index contributed by atoms with van der Waals surface area (Å²) in [7, 11) is 0. The standard InChI is InChI=1S/C31H34N4O4/c1-31(2,3)39-30(38)35-15-7-8-20(19-35)13-14-26(36)23-11-6-12-24-29(23)34-28(33-24)17-27(37)25-16-21-9-4-5-10-22(21)18-32-25/h4-6,9-12,16,18,20H,7-8,13-15,17,19H2,1-3H3,(H,33,34). The lowest BCUT2D eigenvalue weighted by Crippen LogP contribution is -2.42. The molecule has 5 rings (SSSR count). The summed E-state index contributed by atoms with van der Waals surface area (Å²) in [5.41, 5.74) is 1.71. The Morgan fingerprint density at radius 2 is 1.85 bits per heavy atom. The summed E-state index contributed by atoms with van der Waals surface area (Å²) < 4.78 is 5.53. The van der Waals surface area contributed by atoms with Crippen LogP contribution in [0.4, 0.5) is 4.79 Å². The third kappa shape index (κ3) is 6.33. The molecule has 1 fully saturated rings. The number of Topliss-reactive ketones (excluding diaryl/α,β-unsaturated/α-hetero) is 2. The van der Waals surface area contributed by atoms with Gasteiger partial charge in [0.15, 0.2) is 11.6 Å². The molecule has 1 N–H and O–H groups in total. The number of benzene rings is 2. The van der Waals surface area contributed by atoms with Gasteiger partial charge in [-0.2, -0.15) is 0 Å². The largest absolute Gasteiger partial charge is 0.444 e. The number of aromatic amines is 1. The topological polar surface area (TPSA) is 105 Å². The molecule has 8 heteroatoms. The summed E-state index contributed by atoms with van der Waals surface area (Å²) >= 11 is 0. The Morgan fingerprint density at radius 3 is 2.64 bits per heavy atom. The van der Waals surface area contributed by atoms with Crippen molar-refractivity contribution < 1.29 is 19.1 Å². The van der Waals surface area contributed by atoms with E-state index in [1.807, 2.05) is 57.2 Å². The fraction of sp³-hybridized carbons (Fsp3) is 0.387. The van der Waals surface area contributed by atoms with Crippen LogP contribution in [0.3, 0.4) is 0 Å². The zero-order valence-corrected chi connectivity index (χ0v) is 22.7. The molecule has 0 spiro atoms. The van der Waals surface area contributed by atoms with Gasteiger partial charge in [-0.15, -0.1) is 0 Å². The van der Waals surface area contributed by atoms with Crippen molar-refractivity contribution in [2.24, 2.45) is 5.92 Å². The van der Waals surface area contributed by atoms with Crippen molar-refractivity contribution >= 4 is 39.5 Å². The Bertz CT molecular complexity index is 1530. The van der Waals surface area contributed by atoms with Crippen molar-refractivity contribution in [1.29, 1.82) is 0 Å². The highest BCUT2D eigenvalue weighted by Gasteiger charge is 2.28. The van der Waals surface area contributed by atoms with Crippen LogP contribution in [0.25, 0.3) is 21.8 Å². The van der Waals surface area contributed by atoms with Crippen molar-refractivity contribution in [3.63, 3.8) is 0 Å². The van der Waals surface area contributed by atoms with Gasteiger partial charge in [0.1, 0.15) is 17.1 Å². The van der Waals surface area contributed by atoms with Crippen molar-refractivity contribution in [3.8, 4) is 0 Å². The first kappa shape index (κ1) is 26.5. The number of piperidine rings is 1. The quantitative estimate of drug-likeness (QED) is 0.290. The van der Waals surface area contributed by atoms with Crippen LogP contribution in [-0.4, -0.2) is 56.2 Å². The summed E-state index contributed by atoms with van der Waals surface area (Å²) in [5, 5.41) is 1.94. The minimum absolute atomic E-state index is 0.00978. The second-order valence-corrected chi connectivity index (χ2v) is 11.3. The highest BCUT2D eigenvalue weighted by atomic mass is 16.6. The van der Waals surface area contributed by atoms with Crippen molar-refractivity contribution in [1.82, 2.24) is 19.9 Å². The average molecular weight is 527 g/mol. The van der Waals surface area contributed by atoms with E-state index in [0.717, 1.165) is 29.1 Å². The van der Waals surface area contributed by atoms with Gasteiger partial charge in [0.2, 0.25) is 0 Å². The lowest BCUT2D eigenvalue weighted by Gasteiger charge is -2.34. The smallest absolute Gasteiger partial charge is 0.410 e. The molecular formula is C31H34N4O4. The molecule has 8 nitrogen and oxygen atoms in total. The number of carbonyl (C=O) groups excluding carboxylic acids is 3. The normalized spacial score (nSPS) is 16.0. The fourth-order valence-electron chi connectivity index (χ4n) is 5.13. The second-order valence-electron chi connectivity index (χ2n) is 11.3. The summed E-state index contributed by atoms with van der Waals surface area (Å²) in [6.07, 6.45) is 4.42. The van der Waals surface area contributed by atoms with E-state index in [9.17, 15) is 14.4 Å². The predicted molar refractivity (Wildman–Crippen MR) is 150 cm³/mol. The second kappa shape index (κ2) is 11.0. The first-order valence-electron chi connectivity index (χ1n) is 13.5. The number of carbonyl (C=O) groups is 3. The molecule has 39 heavy (non-hydrogen) atoms. The number of pyridine rings is 1. The number of amides is 1. The zero-order chi connectivity index (χ0) is 27.6. The third-order valence-electron chi connectivity index (χ3n) is 7.06. The Kier molecular flexibility index (Phi) is 7.46. The van der Waals surface area contributed by atoms with Gasteiger partial charge in [-0.3, -0.25) is 14.6 Å². The van der Waals surface area contributed by atoms with Gasteiger partial charge < -0.3 is 14.6 Å². The molecule has 0 bridgehead atoms. The monoisotopic (exact) mass is 526 g/mol. The number of nitrogens with zero attached hydrogens (tertiary/aromatic N) is 3. The molecule has 4 aromatic rings. The van der Waals surface area contributed by atoms with Crippen molar-refractivity contribution in [2.75, 3.05) is 13.1 Å². The van der Waals surface area contributed by atoms with E-state index in [1.165, 1.54) is 0 Å². The fourth-order valence-corrected chi connectivity index (χ4v) is 5.13. The molecule has 1 saturated heterocycles. The van der Waals surface area contributed by atoms with E-state index in [0.29, 0.717) is 48.5 Å². The summed E-state index contributed by atoms with van der Waals surface area (Å²) in [5.74, 6) is 0.622. The minimum Gasteiger partial charge on any atom is -0.444 e. The van der Waals surface area contributed by atoms with Crippen LogP contribution in [0.2, 0.25) is 0 Å². The van der Waals surface area contributed by atoms with E-state index < -0.39 is 5.60 Å². The molecule has 3 heterocycles. The molecule has 1 aliphatic rings. The van der Waals surface area contributed by atoms with E-state index >= 15 is 0 Å². The Balaban J connectivity index is 1.24. The molecule has 0 radical (unpaired) electrons. The molecule has 1 atom stereocenters. The summed E-state index contributed by atoms with van der Waals surface area (Å²) in [4.78, 5) is 52.6. The molecule has 2 aromatic heterocycles. The van der Waals surface area contributed by atoms with Crippen LogP contribution in [0.1, 0.15) is 73.1 Å². The molecule has 0 saturated carbocycles. The van der Waals surface area contributed by atoms with Crippen molar-refractivity contribution in [2.45, 2.75) is 58.5 Å². The Labute approximate surface area is 227 Å². The third-order valence-corrected chi connectivity index (χ3v) is 7.06. The molecule has 1 amide bonds. The number of hydrogen-bond donors (Lipinski definition) is 1. The molecule has 1 unspecified atom stereocenters. The number of likely N-dealkylation sites (tertiary alicyclic amines) is 1. The first-order valence-corrected chi connectivity index (χ1v) is 13.5. The lowest BCUT2D eigenvalue weighted by atomic mass is 9.91. The number of imidazole rings is 1. The molecule has 1 aliphatic heterocycles. The Hall–Kier alpha value is -4.07. The van der Waals surface area contributed by atoms with Gasteiger partial charge in [-0.05, 0) is 69.5 Å². The number of para-hydroxylation sites is 1. The maximum atomic E-state index is 13.2. The molecular weight excluding hydrogens is 492 g/mol. The predicted octanol–water partition coefficient (Wildman–Crippen LogP) is 6.15. The van der Waals surface area contributed by atoms with Gasteiger partial charge >= 0.3 is 6.09 Å². The maximum absolute atomic E-state index is 13.2. The van der Waals surface area contributed by atoms with Crippen LogP contribution in [0, 0.1) is 5.92 Å². The number of nitrogens with one attached hydrogen (secondary N) is 1. The summed E-state index contributed by atoms with van der Waals surface area (Å²) in [6.45, 7) is 6.87. The van der Waals surface area contributed by atoms with E-state index in [1.54, 1.807) is 23.2 Å². The highest BCUT2D eigenvalue weighted by Crippen LogP contribution is 2.25. The highest BCUT2D eigenvalue weighted by molar-refractivity contribution is 6.06. The summed E-state index contributed by atoms with van der Waals surface area (Å²) in [6, 6.07) is 15.1. The van der Waals surface area contributed by atoms with E-state index in [2.05, 4.69) is 15.0 Å². The van der Waals surface area contributed by atoms with E-state index in [4.69, 9.17) is 4.74 Å². The number of aromatic nitrogens is 3. The Morgan fingerprint density at radius 1 is 1.05 bits per heavy atom. The van der Waals surface area contributed by atoms with Gasteiger partial charge in [0, 0.05) is 36.7 Å². The van der Waals surface area contributed by atoms with Crippen LogP contribution < -0.4 is 0 Å². The number of ketones is 2. The molecule has 202 valence electrons. The lowest BCUT2D eigenvalue weighted by molar-refractivity contribution is 0.0161. The van der Waals surface area contributed by atoms with Gasteiger partial charge in [0.05, 0.1) is 17.5 Å². The number of ether oxygens (including phenoxy) is 1. The van der Waals surface area contributed by atoms with Gasteiger partial charge in [-0.25, -0.2) is 9.78 Å². The molecule has 2 aromatic carbocycles. The number of hydrogen-bond acceptors (Lipinski definition) is 6. The van der Waals surface area contributed by atoms with Gasteiger partial charge in [0.25, 0.3) is 0 Å². The number of fused-ring (bicyclic) bond motifs is 2.